The van der Waals surface area contributed by atoms with Gasteiger partial charge in [-0.15, -0.1) is 0 Å². The van der Waals surface area contributed by atoms with Crippen molar-refractivity contribution in [2.24, 2.45) is 0 Å². The van der Waals surface area contributed by atoms with Gasteiger partial charge in [-0.25, -0.2) is 0 Å². The molecule has 1 atom stereocenters. The van der Waals surface area contributed by atoms with Crippen molar-refractivity contribution in [2.75, 3.05) is 40.0 Å². The van der Waals surface area contributed by atoms with Gasteiger partial charge in [0.05, 0.1) is 19.8 Å². The van der Waals surface area contributed by atoms with Gasteiger partial charge >= 0.3 is 0 Å². The fraction of sp³-hybridized carbons (Fsp3) is 0.600. The monoisotopic (exact) mass is 263 g/mol. The summed E-state index contributed by atoms with van der Waals surface area (Å²) in [6.45, 7) is 3.50. The topological polar surface area (TPSA) is 41.9 Å². The van der Waals surface area contributed by atoms with Gasteiger partial charge in [0.25, 0.3) is 0 Å². The normalized spacial score (nSPS) is 27.3. The van der Waals surface area contributed by atoms with E-state index in [0.717, 1.165) is 43.0 Å². The standard InChI is InChI=1S/C15H21NO3/c1-16-6-5-15(10-16,11-17)12-3-4-13-14(9-12)19-8-2-7-18-13/h3-4,9,17H,2,5-8,10-11H2,1H3. The third kappa shape index (κ3) is 2.30. The van der Waals surface area contributed by atoms with Crippen molar-refractivity contribution in [1.29, 1.82) is 0 Å². The summed E-state index contributed by atoms with van der Waals surface area (Å²) < 4.78 is 11.4. The van der Waals surface area contributed by atoms with Crippen LogP contribution in [0.15, 0.2) is 18.2 Å². The lowest BCUT2D eigenvalue weighted by Gasteiger charge is -2.27. The van der Waals surface area contributed by atoms with Crippen LogP contribution in [0, 0.1) is 0 Å². The van der Waals surface area contributed by atoms with Gasteiger partial charge in [-0.1, -0.05) is 6.07 Å². The average molecular weight is 263 g/mol. The second-order valence-electron chi connectivity index (χ2n) is 5.64. The van der Waals surface area contributed by atoms with Gasteiger partial charge in [0.2, 0.25) is 0 Å². The lowest BCUT2D eigenvalue weighted by Crippen LogP contribution is -2.33. The quantitative estimate of drug-likeness (QED) is 0.876. The van der Waals surface area contributed by atoms with E-state index in [1.807, 2.05) is 6.07 Å². The first-order valence-electron chi connectivity index (χ1n) is 6.93. The molecule has 0 amide bonds. The number of hydrogen-bond donors (Lipinski definition) is 1. The van der Waals surface area contributed by atoms with Crippen molar-refractivity contribution < 1.29 is 14.6 Å². The predicted octanol–water partition coefficient (Wildman–Crippen LogP) is 1.41. The molecule has 4 nitrogen and oxygen atoms in total. The summed E-state index contributed by atoms with van der Waals surface area (Å²) in [4.78, 5) is 2.26. The van der Waals surface area contributed by atoms with Gasteiger partial charge in [0.1, 0.15) is 0 Å². The summed E-state index contributed by atoms with van der Waals surface area (Å²) in [5.41, 5.74) is 1.00. The third-order valence-corrected chi connectivity index (χ3v) is 4.21. The number of aliphatic hydroxyl groups excluding tert-OH is 1. The van der Waals surface area contributed by atoms with Gasteiger partial charge in [-0.3, -0.25) is 0 Å². The molecule has 0 radical (unpaired) electrons. The van der Waals surface area contributed by atoms with Crippen LogP contribution in [0.25, 0.3) is 0 Å². The summed E-state index contributed by atoms with van der Waals surface area (Å²) in [5, 5.41) is 9.85. The van der Waals surface area contributed by atoms with Crippen molar-refractivity contribution in [2.45, 2.75) is 18.3 Å². The molecule has 1 unspecified atom stereocenters. The van der Waals surface area contributed by atoms with Crippen LogP contribution in [0.5, 0.6) is 11.5 Å². The van der Waals surface area contributed by atoms with Crippen molar-refractivity contribution >= 4 is 0 Å². The fourth-order valence-corrected chi connectivity index (χ4v) is 3.03. The van der Waals surface area contributed by atoms with E-state index in [4.69, 9.17) is 9.47 Å². The van der Waals surface area contributed by atoms with Crippen LogP contribution in [0.2, 0.25) is 0 Å². The molecule has 1 aromatic rings. The second-order valence-corrected chi connectivity index (χ2v) is 5.64. The summed E-state index contributed by atoms with van der Waals surface area (Å²) in [6, 6.07) is 6.10. The lowest BCUT2D eigenvalue weighted by molar-refractivity contribution is 0.194. The van der Waals surface area contributed by atoms with Gasteiger partial charge < -0.3 is 19.5 Å². The Morgan fingerprint density at radius 3 is 2.74 bits per heavy atom. The first-order chi connectivity index (χ1) is 9.23. The van der Waals surface area contributed by atoms with Gasteiger partial charge in [0.15, 0.2) is 11.5 Å². The number of hydrogen-bond acceptors (Lipinski definition) is 4. The summed E-state index contributed by atoms with van der Waals surface area (Å²) >= 11 is 0. The Balaban J connectivity index is 1.94. The van der Waals surface area contributed by atoms with Crippen molar-refractivity contribution in [1.82, 2.24) is 4.90 Å². The number of fused-ring (bicyclic) bond motifs is 1. The zero-order valence-electron chi connectivity index (χ0n) is 11.4. The Morgan fingerprint density at radius 1 is 1.26 bits per heavy atom. The molecular formula is C15H21NO3. The highest BCUT2D eigenvalue weighted by Gasteiger charge is 2.38. The van der Waals surface area contributed by atoms with E-state index in [0.29, 0.717) is 13.2 Å². The van der Waals surface area contributed by atoms with Crippen LogP contribution >= 0.6 is 0 Å². The molecule has 0 aliphatic carbocycles. The Morgan fingerprint density at radius 2 is 2.05 bits per heavy atom. The third-order valence-electron chi connectivity index (χ3n) is 4.21. The fourth-order valence-electron chi connectivity index (χ4n) is 3.03. The largest absolute Gasteiger partial charge is 0.490 e. The highest BCUT2D eigenvalue weighted by atomic mass is 16.5. The zero-order valence-corrected chi connectivity index (χ0v) is 11.4. The molecule has 19 heavy (non-hydrogen) atoms. The van der Waals surface area contributed by atoms with E-state index < -0.39 is 0 Å². The van der Waals surface area contributed by atoms with Crippen LogP contribution in [0.1, 0.15) is 18.4 Å². The minimum absolute atomic E-state index is 0.153. The lowest BCUT2D eigenvalue weighted by atomic mass is 9.80. The molecule has 2 aliphatic heterocycles. The number of likely N-dealkylation sites (N-methyl/N-ethyl adjacent to an activating group) is 1. The van der Waals surface area contributed by atoms with E-state index in [2.05, 4.69) is 24.1 Å². The number of ether oxygens (including phenoxy) is 2. The molecule has 3 rings (SSSR count). The second kappa shape index (κ2) is 5.02. The van der Waals surface area contributed by atoms with Crippen LogP contribution < -0.4 is 9.47 Å². The predicted molar refractivity (Wildman–Crippen MR) is 72.9 cm³/mol. The maximum absolute atomic E-state index is 9.85. The van der Waals surface area contributed by atoms with Crippen LogP contribution in [-0.4, -0.2) is 50.0 Å². The minimum Gasteiger partial charge on any atom is -0.490 e. The van der Waals surface area contributed by atoms with Crippen LogP contribution in [-0.2, 0) is 5.41 Å². The maximum Gasteiger partial charge on any atom is 0.161 e. The number of nitrogens with zero attached hydrogens (tertiary/aromatic N) is 1. The minimum atomic E-state index is -0.153. The molecule has 4 heteroatoms. The van der Waals surface area contributed by atoms with E-state index >= 15 is 0 Å². The van der Waals surface area contributed by atoms with E-state index in [1.54, 1.807) is 0 Å². The number of aliphatic hydroxyl groups is 1. The Labute approximate surface area is 113 Å². The maximum atomic E-state index is 9.85. The van der Waals surface area contributed by atoms with Crippen molar-refractivity contribution in [3.05, 3.63) is 23.8 Å². The first-order valence-corrected chi connectivity index (χ1v) is 6.93. The Hall–Kier alpha value is -1.26. The summed E-state index contributed by atoms with van der Waals surface area (Å²) in [6.07, 6.45) is 1.90. The zero-order chi connectivity index (χ0) is 13.3. The van der Waals surface area contributed by atoms with Crippen molar-refractivity contribution in [3.63, 3.8) is 0 Å². The molecule has 0 bridgehead atoms. The molecular weight excluding hydrogens is 242 g/mol. The number of likely N-dealkylation sites (tertiary alicyclic amines) is 1. The SMILES string of the molecule is CN1CCC(CO)(c2ccc3c(c2)OCCCO3)C1. The molecule has 1 saturated heterocycles. The smallest absolute Gasteiger partial charge is 0.161 e. The van der Waals surface area contributed by atoms with Gasteiger partial charge in [0, 0.05) is 18.4 Å². The van der Waals surface area contributed by atoms with Crippen molar-refractivity contribution in [3.8, 4) is 11.5 Å². The number of rotatable bonds is 2. The summed E-state index contributed by atoms with van der Waals surface area (Å²) in [5.74, 6) is 1.64. The van der Waals surface area contributed by atoms with Gasteiger partial charge in [-0.2, -0.15) is 0 Å². The van der Waals surface area contributed by atoms with E-state index in [1.165, 1.54) is 0 Å². The molecule has 0 aromatic heterocycles. The van der Waals surface area contributed by atoms with Crippen LogP contribution in [0.3, 0.4) is 0 Å². The molecule has 1 fully saturated rings. The molecule has 2 heterocycles. The highest BCUT2D eigenvalue weighted by Crippen LogP contribution is 2.39. The first kappa shape index (κ1) is 12.8. The molecule has 1 N–H and O–H groups in total. The van der Waals surface area contributed by atoms with E-state index in [9.17, 15) is 5.11 Å². The Bertz CT molecular complexity index is 463. The number of benzene rings is 1. The molecule has 0 spiro atoms. The Kier molecular flexibility index (Phi) is 3.37. The van der Waals surface area contributed by atoms with E-state index in [-0.39, 0.29) is 12.0 Å². The summed E-state index contributed by atoms with van der Waals surface area (Å²) in [7, 11) is 2.10. The molecule has 1 aromatic carbocycles. The average Bonchev–Trinajstić information content (AvgIpc) is 2.68. The van der Waals surface area contributed by atoms with Crippen LogP contribution in [0.4, 0.5) is 0 Å². The van der Waals surface area contributed by atoms with Gasteiger partial charge in [-0.05, 0) is 37.7 Å². The molecule has 104 valence electrons. The highest BCUT2D eigenvalue weighted by molar-refractivity contribution is 5.46. The molecule has 0 saturated carbocycles. The molecule has 2 aliphatic rings.